The summed E-state index contributed by atoms with van der Waals surface area (Å²) in [6.45, 7) is 0. The highest BCUT2D eigenvalue weighted by atomic mass is 127. The molecule has 0 fully saturated rings. The van der Waals surface area contributed by atoms with Crippen molar-refractivity contribution in [2.45, 2.75) is 0 Å². The summed E-state index contributed by atoms with van der Waals surface area (Å²) in [5.74, 6) is -0.252. The molecule has 0 aromatic heterocycles. The molecule has 2 aromatic rings. The van der Waals surface area contributed by atoms with Gasteiger partial charge in [0.05, 0.1) is 13.7 Å². The van der Waals surface area contributed by atoms with E-state index in [1.54, 1.807) is 0 Å². The van der Waals surface area contributed by atoms with Crippen LogP contribution >= 0.6 is 38.5 Å². The van der Waals surface area contributed by atoms with Gasteiger partial charge >= 0.3 is 0 Å². The van der Waals surface area contributed by atoms with Gasteiger partial charge in [-0.3, -0.25) is 0 Å². The summed E-state index contributed by atoms with van der Waals surface area (Å²) in [5.41, 5.74) is 6.05. The van der Waals surface area contributed by atoms with Crippen LogP contribution in [0.5, 0.6) is 11.5 Å². The maximum absolute atomic E-state index is 13.4. The summed E-state index contributed by atoms with van der Waals surface area (Å²) in [6.07, 6.45) is 0. The van der Waals surface area contributed by atoms with Crippen molar-refractivity contribution in [2.24, 2.45) is 0 Å². The van der Waals surface area contributed by atoms with Crippen LogP contribution in [0.15, 0.2) is 34.8 Å². The number of hydrogen-bond acceptors (Lipinski definition) is 2. The first kappa shape index (κ1) is 13.5. The van der Waals surface area contributed by atoms with Crippen molar-refractivity contribution in [1.29, 1.82) is 0 Å². The molecule has 94 valence electrons. The third-order valence-electron chi connectivity index (χ3n) is 2.17. The maximum Gasteiger partial charge on any atom is 0.153 e. The third-order valence-corrected chi connectivity index (χ3v) is 3.61. The molecule has 0 bridgehead atoms. The van der Waals surface area contributed by atoms with E-state index in [4.69, 9.17) is 10.5 Å². The minimum absolute atomic E-state index is 0.195. The minimum Gasteiger partial charge on any atom is -0.454 e. The molecule has 0 heterocycles. The van der Waals surface area contributed by atoms with Gasteiger partial charge in [-0.1, -0.05) is 0 Å². The van der Waals surface area contributed by atoms with Gasteiger partial charge in [-0.2, -0.15) is 0 Å². The Bertz CT molecular complexity index is 607. The fraction of sp³-hybridized carbons (Fsp3) is 0. The largest absolute Gasteiger partial charge is 0.454 e. The normalized spacial score (nSPS) is 10.4. The van der Waals surface area contributed by atoms with Crippen LogP contribution in [0.1, 0.15) is 0 Å². The van der Waals surface area contributed by atoms with Gasteiger partial charge in [0.1, 0.15) is 17.4 Å². The Morgan fingerprint density at radius 2 is 1.83 bits per heavy atom. The molecular weight excluding hydrogens is 419 g/mol. The average molecular weight is 426 g/mol. The monoisotopic (exact) mass is 425 g/mol. The van der Waals surface area contributed by atoms with Crippen molar-refractivity contribution in [3.8, 4) is 11.5 Å². The van der Waals surface area contributed by atoms with E-state index in [-0.39, 0.29) is 5.75 Å². The molecule has 0 aliphatic carbocycles. The van der Waals surface area contributed by atoms with Crippen LogP contribution in [0, 0.1) is 15.2 Å². The Labute approximate surface area is 124 Å². The van der Waals surface area contributed by atoms with Crippen molar-refractivity contribution in [1.82, 2.24) is 0 Å². The lowest BCUT2D eigenvalue weighted by atomic mass is 10.3. The second-order valence-electron chi connectivity index (χ2n) is 3.48. The molecule has 0 atom stereocenters. The summed E-state index contributed by atoms with van der Waals surface area (Å²) in [4.78, 5) is 0. The molecule has 0 radical (unpaired) electrons. The first-order valence-corrected chi connectivity index (χ1v) is 6.72. The van der Waals surface area contributed by atoms with Gasteiger partial charge in [0.15, 0.2) is 5.75 Å². The molecule has 2 N–H and O–H groups in total. The van der Waals surface area contributed by atoms with E-state index >= 15 is 0 Å². The molecule has 2 nitrogen and oxygen atoms in total. The van der Waals surface area contributed by atoms with Crippen molar-refractivity contribution in [3.63, 3.8) is 0 Å². The standard InChI is InChI=1S/C12H7BrF2INO/c13-7-3-6(14)1-2-11(7)18-12-4-8(15)9(16)5-10(12)17/h1-5H,17H2. The van der Waals surface area contributed by atoms with E-state index in [1.807, 2.05) is 22.6 Å². The van der Waals surface area contributed by atoms with Gasteiger partial charge in [0.25, 0.3) is 0 Å². The molecule has 0 saturated heterocycles. The Hall–Kier alpha value is -0.890. The van der Waals surface area contributed by atoms with E-state index in [2.05, 4.69) is 15.9 Å². The predicted molar refractivity (Wildman–Crippen MR) is 77.7 cm³/mol. The zero-order valence-electron chi connectivity index (χ0n) is 8.88. The smallest absolute Gasteiger partial charge is 0.153 e. The highest BCUT2D eigenvalue weighted by molar-refractivity contribution is 14.1. The van der Waals surface area contributed by atoms with Crippen molar-refractivity contribution in [3.05, 3.63) is 50.0 Å². The fourth-order valence-corrected chi connectivity index (χ4v) is 2.23. The van der Waals surface area contributed by atoms with E-state index in [0.717, 1.165) is 0 Å². The minimum atomic E-state index is -0.418. The zero-order chi connectivity index (χ0) is 13.3. The summed E-state index contributed by atoms with van der Waals surface area (Å²) in [6, 6.07) is 6.62. The lowest BCUT2D eigenvalue weighted by molar-refractivity contribution is 0.473. The SMILES string of the molecule is Nc1cc(I)c(F)cc1Oc1ccc(F)cc1Br. The lowest BCUT2D eigenvalue weighted by Crippen LogP contribution is -1.95. The van der Waals surface area contributed by atoms with E-state index < -0.39 is 11.6 Å². The Morgan fingerprint density at radius 3 is 2.50 bits per heavy atom. The Kier molecular flexibility index (Phi) is 4.06. The average Bonchev–Trinajstić information content (AvgIpc) is 2.29. The number of nitrogen functional groups attached to an aromatic ring is 1. The van der Waals surface area contributed by atoms with Crippen LogP contribution < -0.4 is 10.5 Å². The van der Waals surface area contributed by atoms with Crippen molar-refractivity contribution in [2.75, 3.05) is 5.73 Å². The molecule has 0 unspecified atom stereocenters. The van der Waals surface area contributed by atoms with Crippen molar-refractivity contribution < 1.29 is 13.5 Å². The van der Waals surface area contributed by atoms with Gasteiger partial charge < -0.3 is 10.5 Å². The molecule has 6 heteroatoms. The van der Waals surface area contributed by atoms with E-state index in [9.17, 15) is 8.78 Å². The Balaban J connectivity index is 2.37. The second-order valence-corrected chi connectivity index (χ2v) is 5.50. The second kappa shape index (κ2) is 5.40. The number of benzene rings is 2. The lowest BCUT2D eigenvalue weighted by Gasteiger charge is -2.10. The maximum atomic E-state index is 13.4. The number of nitrogens with two attached hydrogens (primary N) is 1. The number of hydrogen-bond donors (Lipinski definition) is 1. The topological polar surface area (TPSA) is 35.2 Å². The summed E-state index contributed by atoms with van der Waals surface area (Å²) >= 11 is 5.00. The van der Waals surface area contributed by atoms with E-state index in [1.165, 1.54) is 30.3 Å². The number of halogens is 4. The highest BCUT2D eigenvalue weighted by Crippen LogP contribution is 2.34. The molecule has 0 aliphatic heterocycles. The first-order valence-electron chi connectivity index (χ1n) is 4.85. The molecule has 0 saturated carbocycles. The molecule has 0 spiro atoms. The van der Waals surface area contributed by atoms with Crippen LogP contribution in [0.3, 0.4) is 0 Å². The van der Waals surface area contributed by atoms with Gasteiger partial charge in [0.2, 0.25) is 0 Å². The van der Waals surface area contributed by atoms with Crippen LogP contribution in [0.2, 0.25) is 0 Å². The van der Waals surface area contributed by atoms with Gasteiger partial charge in [0, 0.05) is 6.07 Å². The molecule has 0 aliphatic rings. The van der Waals surface area contributed by atoms with Crippen LogP contribution in [0.25, 0.3) is 0 Å². The van der Waals surface area contributed by atoms with Gasteiger partial charge in [-0.25, -0.2) is 8.78 Å². The van der Waals surface area contributed by atoms with Crippen LogP contribution in [-0.4, -0.2) is 0 Å². The zero-order valence-corrected chi connectivity index (χ0v) is 12.6. The predicted octanol–water partition coefficient (Wildman–Crippen LogP) is 4.71. The van der Waals surface area contributed by atoms with Gasteiger partial charge in [-0.15, -0.1) is 0 Å². The molecule has 2 aromatic carbocycles. The molecule has 0 amide bonds. The number of rotatable bonds is 2. The fourth-order valence-electron chi connectivity index (χ4n) is 1.31. The highest BCUT2D eigenvalue weighted by Gasteiger charge is 2.10. The quantitative estimate of drug-likeness (QED) is 0.558. The van der Waals surface area contributed by atoms with Crippen molar-refractivity contribution >= 4 is 44.2 Å². The Morgan fingerprint density at radius 1 is 1.11 bits per heavy atom. The molecule has 2 rings (SSSR count). The summed E-state index contributed by atoms with van der Waals surface area (Å²) in [5, 5.41) is 0. The number of ether oxygens (including phenoxy) is 1. The van der Waals surface area contributed by atoms with E-state index in [0.29, 0.717) is 19.5 Å². The van der Waals surface area contributed by atoms with Crippen LogP contribution in [0.4, 0.5) is 14.5 Å². The van der Waals surface area contributed by atoms with Crippen LogP contribution in [-0.2, 0) is 0 Å². The molecular formula is C12H7BrF2INO. The first-order chi connectivity index (χ1) is 8.47. The summed E-state index contributed by atoms with van der Waals surface area (Å²) < 4.78 is 32.6. The number of anilines is 1. The molecule has 18 heavy (non-hydrogen) atoms. The summed E-state index contributed by atoms with van der Waals surface area (Å²) in [7, 11) is 0. The third kappa shape index (κ3) is 2.92. The van der Waals surface area contributed by atoms with Gasteiger partial charge in [-0.05, 0) is 62.8 Å².